The van der Waals surface area contributed by atoms with Crippen LogP contribution in [0.5, 0.6) is 0 Å². The van der Waals surface area contributed by atoms with E-state index in [1.165, 1.54) is 5.01 Å². The zero-order valence-corrected chi connectivity index (χ0v) is 14.9. The molecule has 0 unspecified atom stereocenters. The SMILES string of the molecule is Cc1cc(Cl)ccc1N(/N=C\c1ccc(N(C)C)cc1)C(N)=S. The summed E-state index contributed by atoms with van der Waals surface area (Å²) >= 11 is 11.1. The number of hydrogen-bond donors (Lipinski definition) is 1. The standard InChI is InChI=1S/C17H19ClN4S/c1-12-10-14(18)6-9-16(12)22(17(19)23)20-11-13-4-7-15(8-5-13)21(2)3/h4-11H,1-3H3,(H2,19,23)/b20-11-. The van der Waals surface area contributed by atoms with Crippen molar-refractivity contribution in [1.29, 1.82) is 0 Å². The number of nitrogens with zero attached hydrogens (tertiary/aromatic N) is 3. The van der Waals surface area contributed by atoms with Gasteiger partial charge in [-0.3, -0.25) is 0 Å². The van der Waals surface area contributed by atoms with Crippen LogP contribution in [0.3, 0.4) is 0 Å². The van der Waals surface area contributed by atoms with Crippen LogP contribution in [0.2, 0.25) is 5.02 Å². The van der Waals surface area contributed by atoms with Crippen molar-refractivity contribution in [2.75, 3.05) is 24.0 Å². The van der Waals surface area contributed by atoms with E-state index in [0.29, 0.717) is 5.02 Å². The summed E-state index contributed by atoms with van der Waals surface area (Å²) < 4.78 is 0. The van der Waals surface area contributed by atoms with Crippen molar-refractivity contribution in [1.82, 2.24) is 0 Å². The van der Waals surface area contributed by atoms with E-state index in [9.17, 15) is 0 Å². The Balaban J connectivity index is 2.27. The molecular formula is C17H19ClN4S. The molecule has 120 valence electrons. The highest BCUT2D eigenvalue weighted by Crippen LogP contribution is 2.24. The molecule has 0 radical (unpaired) electrons. The highest BCUT2D eigenvalue weighted by Gasteiger charge is 2.11. The minimum absolute atomic E-state index is 0.177. The van der Waals surface area contributed by atoms with Crippen LogP contribution in [0.25, 0.3) is 0 Å². The van der Waals surface area contributed by atoms with Crippen molar-refractivity contribution < 1.29 is 0 Å². The van der Waals surface area contributed by atoms with E-state index in [1.54, 1.807) is 12.3 Å². The molecule has 0 aliphatic rings. The van der Waals surface area contributed by atoms with Gasteiger partial charge >= 0.3 is 0 Å². The quantitative estimate of drug-likeness (QED) is 0.519. The number of anilines is 2. The Hall–Kier alpha value is -2.11. The first kappa shape index (κ1) is 17.2. The van der Waals surface area contributed by atoms with Gasteiger partial charge in [-0.15, -0.1) is 0 Å². The molecule has 4 nitrogen and oxygen atoms in total. The number of hydrazone groups is 1. The van der Waals surface area contributed by atoms with Crippen molar-refractivity contribution in [2.45, 2.75) is 6.92 Å². The molecule has 0 heterocycles. The summed E-state index contributed by atoms with van der Waals surface area (Å²) in [4.78, 5) is 2.04. The summed E-state index contributed by atoms with van der Waals surface area (Å²) in [6, 6.07) is 13.5. The largest absolute Gasteiger partial charge is 0.378 e. The maximum atomic E-state index is 5.99. The van der Waals surface area contributed by atoms with Gasteiger partial charge < -0.3 is 10.6 Å². The molecule has 2 aromatic carbocycles. The number of nitrogens with two attached hydrogens (primary N) is 1. The zero-order chi connectivity index (χ0) is 17.0. The minimum Gasteiger partial charge on any atom is -0.378 e. The molecule has 0 atom stereocenters. The van der Waals surface area contributed by atoms with E-state index in [0.717, 1.165) is 22.5 Å². The van der Waals surface area contributed by atoms with Gasteiger partial charge in [0, 0.05) is 24.8 Å². The van der Waals surface area contributed by atoms with E-state index < -0.39 is 0 Å². The summed E-state index contributed by atoms with van der Waals surface area (Å²) in [5.74, 6) is 0. The molecule has 2 N–H and O–H groups in total. The Morgan fingerprint density at radius 3 is 2.35 bits per heavy atom. The normalized spacial score (nSPS) is 10.8. The van der Waals surface area contributed by atoms with Crippen LogP contribution in [0.4, 0.5) is 11.4 Å². The lowest BCUT2D eigenvalue weighted by molar-refractivity contribution is 1.12. The van der Waals surface area contributed by atoms with Gasteiger partial charge in [-0.2, -0.15) is 5.10 Å². The van der Waals surface area contributed by atoms with Crippen LogP contribution in [0.1, 0.15) is 11.1 Å². The van der Waals surface area contributed by atoms with Crippen molar-refractivity contribution in [3.05, 3.63) is 58.6 Å². The second-order valence-corrected chi connectivity index (χ2v) is 6.17. The fourth-order valence-corrected chi connectivity index (χ4v) is 2.45. The predicted molar refractivity (Wildman–Crippen MR) is 104 cm³/mol. The molecule has 0 bridgehead atoms. The molecule has 0 amide bonds. The molecule has 6 heteroatoms. The van der Waals surface area contributed by atoms with Gasteiger partial charge in [-0.05, 0) is 60.6 Å². The average Bonchev–Trinajstić information content (AvgIpc) is 2.49. The van der Waals surface area contributed by atoms with Crippen molar-refractivity contribution in [3.63, 3.8) is 0 Å². The van der Waals surface area contributed by atoms with Gasteiger partial charge in [0.1, 0.15) is 0 Å². The predicted octanol–water partition coefficient (Wildman–Crippen LogP) is 3.80. The third-order valence-electron chi connectivity index (χ3n) is 3.33. The summed E-state index contributed by atoms with van der Waals surface area (Å²) in [7, 11) is 4.00. The van der Waals surface area contributed by atoms with E-state index in [1.807, 2.05) is 62.3 Å². The number of hydrogen-bond acceptors (Lipinski definition) is 3. The molecule has 2 aromatic rings. The summed E-state index contributed by atoms with van der Waals surface area (Å²) in [6.45, 7) is 1.94. The van der Waals surface area contributed by atoms with E-state index in [2.05, 4.69) is 5.10 Å². The molecule has 0 saturated heterocycles. The van der Waals surface area contributed by atoms with Crippen molar-refractivity contribution in [2.24, 2.45) is 10.8 Å². The molecule has 0 aliphatic carbocycles. The van der Waals surface area contributed by atoms with Crippen molar-refractivity contribution in [3.8, 4) is 0 Å². The Kier molecular flexibility index (Phi) is 5.58. The second kappa shape index (κ2) is 7.44. The number of thiocarbonyl (C=S) groups is 1. The highest BCUT2D eigenvalue weighted by atomic mass is 35.5. The number of aryl methyl sites for hydroxylation is 1. The minimum atomic E-state index is 0.177. The third-order valence-corrected chi connectivity index (χ3v) is 3.74. The number of benzene rings is 2. The fraction of sp³-hybridized carbons (Fsp3) is 0.176. The number of rotatable bonds is 4. The maximum absolute atomic E-state index is 5.99. The van der Waals surface area contributed by atoms with E-state index >= 15 is 0 Å². The van der Waals surface area contributed by atoms with E-state index in [-0.39, 0.29) is 5.11 Å². The van der Waals surface area contributed by atoms with Crippen LogP contribution < -0.4 is 15.6 Å². The molecule has 0 aromatic heterocycles. The Labute approximate surface area is 147 Å². The van der Waals surface area contributed by atoms with Gasteiger partial charge in [0.25, 0.3) is 0 Å². The van der Waals surface area contributed by atoms with Gasteiger partial charge in [-0.1, -0.05) is 23.7 Å². The average molecular weight is 347 g/mol. The first-order valence-electron chi connectivity index (χ1n) is 7.05. The highest BCUT2D eigenvalue weighted by molar-refractivity contribution is 7.80. The first-order chi connectivity index (χ1) is 10.9. The van der Waals surface area contributed by atoms with Crippen LogP contribution in [-0.2, 0) is 0 Å². The van der Waals surface area contributed by atoms with Crippen LogP contribution in [-0.4, -0.2) is 25.4 Å². The Bertz CT molecular complexity index is 726. The smallest absolute Gasteiger partial charge is 0.191 e. The van der Waals surface area contributed by atoms with Gasteiger partial charge in [0.2, 0.25) is 0 Å². The fourth-order valence-electron chi connectivity index (χ4n) is 2.08. The van der Waals surface area contributed by atoms with Gasteiger partial charge in [-0.25, -0.2) is 5.01 Å². The summed E-state index contributed by atoms with van der Waals surface area (Å²) in [5.41, 5.74) is 9.65. The lowest BCUT2D eigenvalue weighted by atomic mass is 10.2. The summed E-state index contributed by atoms with van der Waals surface area (Å²) in [6.07, 6.45) is 1.73. The third kappa shape index (κ3) is 4.43. The molecule has 23 heavy (non-hydrogen) atoms. The van der Waals surface area contributed by atoms with Crippen LogP contribution in [0, 0.1) is 6.92 Å². The molecule has 0 fully saturated rings. The van der Waals surface area contributed by atoms with Crippen molar-refractivity contribution >= 4 is 46.5 Å². The zero-order valence-electron chi connectivity index (χ0n) is 13.3. The monoisotopic (exact) mass is 346 g/mol. The topological polar surface area (TPSA) is 44.9 Å². The lowest BCUT2D eigenvalue weighted by Crippen LogP contribution is -2.31. The van der Waals surface area contributed by atoms with Gasteiger partial charge in [0.15, 0.2) is 5.11 Å². The molecule has 2 rings (SSSR count). The van der Waals surface area contributed by atoms with E-state index in [4.69, 9.17) is 29.6 Å². The Morgan fingerprint density at radius 2 is 1.83 bits per heavy atom. The second-order valence-electron chi connectivity index (χ2n) is 5.31. The van der Waals surface area contributed by atoms with Gasteiger partial charge in [0.05, 0.1) is 11.9 Å². The summed E-state index contributed by atoms with van der Waals surface area (Å²) in [5, 5.41) is 6.78. The van der Waals surface area contributed by atoms with Crippen LogP contribution >= 0.6 is 23.8 Å². The molecule has 0 saturated carbocycles. The molecular weight excluding hydrogens is 328 g/mol. The Morgan fingerprint density at radius 1 is 1.17 bits per heavy atom. The first-order valence-corrected chi connectivity index (χ1v) is 7.84. The lowest BCUT2D eigenvalue weighted by Gasteiger charge is -2.19. The molecule has 0 spiro atoms. The van der Waals surface area contributed by atoms with Crippen LogP contribution in [0.15, 0.2) is 47.6 Å². The maximum Gasteiger partial charge on any atom is 0.191 e. The molecule has 0 aliphatic heterocycles. The number of halogens is 1.